The SMILES string of the molecule is Cc1cc(C)c(C(=O)P(CC(C)C)CC(C)C)c(C)c1. The van der Waals surface area contributed by atoms with Gasteiger partial charge in [0, 0.05) is 5.56 Å². The van der Waals surface area contributed by atoms with Crippen molar-refractivity contribution in [2.24, 2.45) is 11.8 Å². The molecule has 0 N–H and O–H groups in total. The molecule has 20 heavy (non-hydrogen) atoms. The molecule has 0 heterocycles. The molecule has 1 aromatic rings. The molecule has 112 valence electrons. The molecule has 0 radical (unpaired) electrons. The first kappa shape index (κ1) is 17.4. The second-order valence-electron chi connectivity index (χ2n) is 6.77. The van der Waals surface area contributed by atoms with E-state index in [9.17, 15) is 4.79 Å². The maximum atomic E-state index is 13.0. The third-order valence-corrected chi connectivity index (χ3v) is 6.49. The van der Waals surface area contributed by atoms with Gasteiger partial charge in [-0.05, 0) is 64.0 Å². The molecule has 0 aliphatic rings. The average molecular weight is 292 g/mol. The fourth-order valence-corrected chi connectivity index (χ4v) is 5.71. The molecule has 0 fully saturated rings. The Bertz CT molecular complexity index is 441. The summed E-state index contributed by atoms with van der Waals surface area (Å²) in [6.07, 6.45) is 2.11. The van der Waals surface area contributed by atoms with Gasteiger partial charge in [-0.3, -0.25) is 4.79 Å². The molecule has 0 saturated heterocycles. The van der Waals surface area contributed by atoms with Gasteiger partial charge in [0.25, 0.3) is 0 Å². The monoisotopic (exact) mass is 292 g/mol. The van der Waals surface area contributed by atoms with E-state index in [-0.39, 0.29) is 0 Å². The van der Waals surface area contributed by atoms with E-state index in [1.165, 1.54) is 5.56 Å². The van der Waals surface area contributed by atoms with Crippen LogP contribution in [0.1, 0.15) is 54.7 Å². The maximum Gasteiger partial charge on any atom is 0.184 e. The van der Waals surface area contributed by atoms with Crippen LogP contribution in [0.4, 0.5) is 0 Å². The molecule has 0 spiro atoms. The number of rotatable bonds is 6. The van der Waals surface area contributed by atoms with Gasteiger partial charge >= 0.3 is 0 Å². The van der Waals surface area contributed by atoms with Crippen molar-refractivity contribution in [3.63, 3.8) is 0 Å². The fraction of sp³-hybridized carbons (Fsp3) is 0.611. The first-order chi connectivity index (χ1) is 9.22. The van der Waals surface area contributed by atoms with E-state index in [4.69, 9.17) is 0 Å². The molecular formula is C18H29OP. The lowest BCUT2D eigenvalue weighted by Crippen LogP contribution is -2.12. The van der Waals surface area contributed by atoms with Gasteiger partial charge in [0.15, 0.2) is 5.52 Å². The lowest BCUT2D eigenvalue weighted by molar-refractivity contribution is 0.108. The van der Waals surface area contributed by atoms with Gasteiger partial charge in [0.1, 0.15) is 0 Å². The summed E-state index contributed by atoms with van der Waals surface area (Å²) in [5.41, 5.74) is 4.94. The van der Waals surface area contributed by atoms with Crippen molar-refractivity contribution >= 4 is 13.4 Å². The molecule has 1 rings (SSSR count). The van der Waals surface area contributed by atoms with Crippen molar-refractivity contribution < 1.29 is 4.79 Å². The molecule has 0 saturated carbocycles. The predicted octanol–water partition coefficient (Wildman–Crippen LogP) is 5.55. The van der Waals surface area contributed by atoms with Crippen LogP contribution in [-0.4, -0.2) is 17.8 Å². The fourth-order valence-electron chi connectivity index (χ4n) is 2.80. The molecule has 0 aromatic heterocycles. The van der Waals surface area contributed by atoms with Crippen LogP contribution in [0, 0.1) is 32.6 Å². The van der Waals surface area contributed by atoms with Crippen LogP contribution in [0.5, 0.6) is 0 Å². The van der Waals surface area contributed by atoms with Crippen LogP contribution in [-0.2, 0) is 0 Å². The summed E-state index contributed by atoms with van der Waals surface area (Å²) in [6.45, 7) is 15.1. The Morgan fingerprint density at radius 3 is 1.70 bits per heavy atom. The highest BCUT2D eigenvalue weighted by atomic mass is 31.1. The Morgan fingerprint density at radius 2 is 1.35 bits per heavy atom. The highest BCUT2D eigenvalue weighted by Crippen LogP contribution is 2.44. The summed E-state index contributed by atoms with van der Waals surface area (Å²) >= 11 is 0. The summed E-state index contributed by atoms with van der Waals surface area (Å²) in [5, 5.41) is 0. The number of carbonyl (C=O) groups is 1. The summed E-state index contributed by atoms with van der Waals surface area (Å²) in [4.78, 5) is 13.0. The molecule has 0 bridgehead atoms. The Balaban J connectivity index is 3.11. The molecule has 0 aliphatic heterocycles. The van der Waals surface area contributed by atoms with E-state index in [0.717, 1.165) is 29.0 Å². The quantitative estimate of drug-likeness (QED) is 0.629. The smallest absolute Gasteiger partial charge is 0.184 e. The number of benzene rings is 1. The van der Waals surface area contributed by atoms with Crippen molar-refractivity contribution in [3.8, 4) is 0 Å². The summed E-state index contributed by atoms with van der Waals surface area (Å²) in [5.74, 6) is 1.18. The van der Waals surface area contributed by atoms with E-state index in [2.05, 4.69) is 60.6 Å². The van der Waals surface area contributed by atoms with E-state index in [1.807, 2.05) is 0 Å². The molecule has 0 atom stereocenters. The van der Waals surface area contributed by atoms with Crippen molar-refractivity contribution in [3.05, 3.63) is 34.4 Å². The van der Waals surface area contributed by atoms with Gasteiger partial charge in [-0.25, -0.2) is 0 Å². The third-order valence-electron chi connectivity index (χ3n) is 3.35. The summed E-state index contributed by atoms with van der Waals surface area (Å²) < 4.78 is 0. The number of hydrogen-bond donors (Lipinski definition) is 0. The second kappa shape index (κ2) is 7.36. The maximum absolute atomic E-state index is 13.0. The van der Waals surface area contributed by atoms with Crippen molar-refractivity contribution in [2.45, 2.75) is 48.5 Å². The summed E-state index contributed by atoms with van der Waals surface area (Å²) in [6, 6.07) is 4.27. The standard InChI is InChI=1S/C18H29OP/c1-12(2)10-20(11-13(3)4)18(19)17-15(6)8-14(5)9-16(17)7/h8-9,12-13H,10-11H2,1-7H3. The molecule has 2 heteroatoms. The van der Waals surface area contributed by atoms with E-state index < -0.39 is 7.92 Å². The van der Waals surface area contributed by atoms with Crippen LogP contribution in [0.3, 0.4) is 0 Å². The van der Waals surface area contributed by atoms with Crippen molar-refractivity contribution in [1.82, 2.24) is 0 Å². The largest absolute Gasteiger partial charge is 0.289 e. The second-order valence-corrected chi connectivity index (χ2v) is 8.99. The van der Waals surface area contributed by atoms with Crippen LogP contribution >= 0.6 is 7.92 Å². The summed E-state index contributed by atoms with van der Waals surface area (Å²) in [7, 11) is -0.558. The van der Waals surface area contributed by atoms with Gasteiger partial charge < -0.3 is 0 Å². The lowest BCUT2D eigenvalue weighted by atomic mass is 10.0. The van der Waals surface area contributed by atoms with Crippen LogP contribution < -0.4 is 0 Å². The Morgan fingerprint density at radius 1 is 0.950 bits per heavy atom. The minimum absolute atomic E-state index is 0.414. The number of aryl methyl sites for hydroxylation is 3. The van der Waals surface area contributed by atoms with Crippen LogP contribution in [0.15, 0.2) is 12.1 Å². The third kappa shape index (κ3) is 4.70. The molecule has 1 aromatic carbocycles. The number of hydrogen-bond acceptors (Lipinski definition) is 1. The molecular weight excluding hydrogens is 263 g/mol. The van der Waals surface area contributed by atoms with Crippen LogP contribution in [0.25, 0.3) is 0 Å². The van der Waals surface area contributed by atoms with E-state index >= 15 is 0 Å². The highest BCUT2D eigenvalue weighted by Gasteiger charge is 2.24. The molecule has 0 amide bonds. The highest BCUT2D eigenvalue weighted by molar-refractivity contribution is 7.75. The van der Waals surface area contributed by atoms with Gasteiger partial charge in [-0.1, -0.05) is 45.4 Å². The molecule has 0 unspecified atom stereocenters. The van der Waals surface area contributed by atoms with E-state index in [1.54, 1.807) is 0 Å². The van der Waals surface area contributed by atoms with Crippen molar-refractivity contribution in [1.29, 1.82) is 0 Å². The minimum atomic E-state index is -0.558. The predicted molar refractivity (Wildman–Crippen MR) is 91.3 cm³/mol. The first-order valence-electron chi connectivity index (χ1n) is 7.59. The van der Waals surface area contributed by atoms with Gasteiger partial charge in [-0.2, -0.15) is 0 Å². The molecule has 0 aliphatic carbocycles. The Kier molecular flexibility index (Phi) is 6.40. The first-order valence-corrected chi connectivity index (χ1v) is 9.30. The van der Waals surface area contributed by atoms with Gasteiger partial charge in [0.2, 0.25) is 0 Å². The zero-order chi connectivity index (χ0) is 15.4. The Labute approximate surface area is 125 Å². The van der Waals surface area contributed by atoms with Crippen LogP contribution in [0.2, 0.25) is 0 Å². The van der Waals surface area contributed by atoms with Gasteiger partial charge in [-0.15, -0.1) is 0 Å². The van der Waals surface area contributed by atoms with Gasteiger partial charge in [0.05, 0.1) is 0 Å². The lowest BCUT2D eigenvalue weighted by Gasteiger charge is -2.22. The van der Waals surface area contributed by atoms with E-state index in [0.29, 0.717) is 17.4 Å². The zero-order valence-electron chi connectivity index (χ0n) is 14.1. The molecule has 1 nitrogen and oxygen atoms in total. The average Bonchev–Trinajstić information content (AvgIpc) is 2.24. The topological polar surface area (TPSA) is 17.1 Å². The Hall–Kier alpha value is -0.680. The zero-order valence-corrected chi connectivity index (χ0v) is 15.0. The normalized spacial score (nSPS) is 11.7. The minimum Gasteiger partial charge on any atom is -0.289 e. The van der Waals surface area contributed by atoms with Crippen molar-refractivity contribution in [2.75, 3.05) is 12.3 Å². The number of carbonyl (C=O) groups excluding carboxylic acids is 1.